The quantitative estimate of drug-likeness (QED) is 0.711. The molecule has 2 heterocycles. The van der Waals surface area contributed by atoms with Crippen LogP contribution in [-0.2, 0) is 0 Å². The minimum atomic E-state index is -1.39. The van der Waals surface area contributed by atoms with Gasteiger partial charge in [0, 0.05) is 56.8 Å². The molecule has 3 rings (SSSR count). The molecular formula is C19H21ClF2N4O2. The van der Waals surface area contributed by atoms with Gasteiger partial charge in [-0.25, -0.2) is 8.78 Å². The highest BCUT2D eigenvalue weighted by Crippen LogP contribution is 2.27. The maximum atomic E-state index is 14.9. The number of likely N-dealkylation sites (tertiary alicyclic amines) is 1. The Labute approximate surface area is 166 Å². The lowest BCUT2D eigenvalue weighted by molar-refractivity contribution is 0.0433. The van der Waals surface area contributed by atoms with Gasteiger partial charge in [-0.05, 0) is 24.3 Å². The summed E-state index contributed by atoms with van der Waals surface area (Å²) in [6.07, 6.45) is 2.01. The van der Waals surface area contributed by atoms with Crippen LogP contribution >= 0.6 is 11.6 Å². The van der Waals surface area contributed by atoms with E-state index in [0.717, 1.165) is 6.07 Å². The van der Waals surface area contributed by atoms with Crippen LogP contribution in [0.2, 0.25) is 5.02 Å². The van der Waals surface area contributed by atoms with Gasteiger partial charge in [-0.3, -0.25) is 4.79 Å². The van der Waals surface area contributed by atoms with E-state index in [1.807, 2.05) is 0 Å². The van der Waals surface area contributed by atoms with Crippen LogP contribution in [0.1, 0.15) is 23.2 Å². The van der Waals surface area contributed by atoms with E-state index in [2.05, 4.69) is 15.5 Å². The maximum Gasteiger partial charge on any atom is 0.253 e. The van der Waals surface area contributed by atoms with Gasteiger partial charge in [0.2, 0.25) is 5.88 Å². The third kappa shape index (κ3) is 5.36. The summed E-state index contributed by atoms with van der Waals surface area (Å²) in [5.74, 6) is -0.421. The molecule has 0 atom stereocenters. The second-order valence-corrected chi connectivity index (χ2v) is 7.07. The van der Waals surface area contributed by atoms with Crippen molar-refractivity contribution in [2.45, 2.75) is 18.5 Å². The van der Waals surface area contributed by atoms with Crippen molar-refractivity contribution in [1.82, 2.24) is 20.4 Å². The molecule has 9 heteroatoms. The van der Waals surface area contributed by atoms with E-state index in [1.165, 1.54) is 12.1 Å². The number of rotatable bonds is 7. The van der Waals surface area contributed by atoms with Crippen LogP contribution in [-0.4, -0.2) is 59.5 Å². The third-order valence-corrected chi connectivity index (χ3v) is 4.92. The Balaban J connectivity index is 1.40. The zero-order valence-electron chi connectivity index (χ0n) is 15.2. The van der Waals surface area contributed by atoms with Gasteiger partial charge in [0.05, 0.1) is 5.02 Å². The molecule has 6 nitrogen and oxygen atoms in total. The number of halogens is 3. The molecule has 1 aliphatic heterocycles. The normalized spacial score (nSPS) is 16.0. The summed E-state index contributed by atoms with van der Waals surface area (Å²) in [4.78, 5) is 14.1. The minimum Gasteiger partial charge on any atom is -0.475 e. The van der Waals surface area contributed by atoms with E-state index in [0.29, 0.717) is 37.7 Å². The Morgan fingerprint density at radius 3 is 2.79 bits per heavy atom. The van der Waals surface area contributed by atoms with Crippen LogP contribution in [0.4, 0.5) is 8.78 Å². The van der Waals surface area contributed by atoms with E-state index in [4.69, 9.17) is 16.3 Å². The number of carbonyl (C=O) groups excluding carboxylic acids is 1. The minimum absolute atomic E-state index is 0.101. The molecular weight excluding hydrogens is 390 g/mol. The average Bonchev–Trinajstić information content (AvgIpc) is 2.71. The van der Waals surface area contributed by atoms with Gasteiger partial charge >= 0.3 is 0 Å². The Hall–Kier alpha value is -2.32. The van der Waals surface area contributed by atoms with Crippen LogP contribution in [0.25, 0.3) is 0 Å². The van der Waals surface area contributed by atoms with E-state index in [9.17, 15) is 13.6 Å². The molecule has 0 aliphatic carbocycles. The van der Waals surface area contributed by atoms with Crippen molar-refractivity contribution in [2.75, 3.05) is 32.8 Å². The first-order chi connectivity index (χ1) is 13.5. The van der Waals surface area contributed by atoms with Crippen LogP contribution in [0, 0.1) is 5.82 Å². The van der Waals surface area contributed by atoms with Crippen molar-refractivity contribution in [3.63, 3.8) is 0 Å². The summed E-state index contributed by atoms with van der Waals surface area (Å²) in [6.45, 7) is 1.59. The highest BCUT2D eigenvalue weighted by atomic mass is 35.5. The lowest BCUT2D eigenvalue weighted by Gasteiger charge is -2.36. The van der Waals surface area contributed by atoms with Crippen LogP contribution < -0.4 is 10.1 Å². The van der Waals surface area contributed by atoms with E-state index >= 15 is 0 Å². The maximum absolute atomic E-state index is 14.9. The SMILES string of the molecule is O=C(c1ccc(F)c(Cl)c1)N1CCC(F)(CNCCOc2cccnn2)CC1. The summed E-state index contributed by atoms with van der Waals surface area (Å²) < 4.78 is 33.6. The van der Waals surface area contributed by atoms with E-state index < -0.39 is 11.5 Å². The van der Waals surface area contributed by atoms with Crippen molar-refractivity contribution >= 4 is 17.5 Å². The Morgan fingerprint density at radius 1 is 1.32 bits per heavy atom. The lowest BCUT2D eigenvalue weighted by atomic mass is 9.93. The molecule has 1 saturated heterocycles. The van der Waals surface area contributed by atoms with Crippen LogP contribution in [0.3, 0.4) is 0 Å². The predicted molar refractivity (Wildman–Crippen MR) is 101 cm³/mol. The Bertz CT molecular complexity index is 802. The first-order valence-electron chi connectivity index (χ1n) is 9.01. The zero-order chi connectivity index (χ0) is 20.0. The summed E-state index contributed by atoms with van der Waals surface area (Å²) in [5.41, 5.74) is -1.08. The smallest absolute Gasteiger partial charge is 0.253 e. The lowest BCUT2D eigenvalue weighted by Crippen LogP contribution is -2.49. The summed E-state index contributed by atoms with van der Waals surface area (Å²) >= 11 is 5.73. The summed E-state index contributed by atoms with van der Waals surface area (Å²) in [6, 6.07) is 7.27. The molecule has 1 aromatic heterocycles. The molecule has 0 radical (unpaired) electrons. The number of piperidine rings is 1. The van der Waals surface area contributed by atoms with Crippen molar-refractivity contribution in [3.8, 4) is 5.88 Å². The molecule has 1 aliphatic rings. The predicted octanol–water partition coefficient (Wildman–Crippen LogP) is 2.88. The number of amides is 1. The van der Waals surface area contributed by atoms with Gasteiger partial charge < -0.3 is 15.0 Å². The molecule has 0 saturated carbocycles. The molecule has 1 N–H and O–H groups in total. The Kier molecular flexibility index (Phi) is 6.74. The Morgan fingerprint density at radius 2 is 2.11 bits per heavy atom. The van der Waals surface area contributed by atoms with Gasteiger partial charge in [0.25, 0.3) is 5.91 Å². The van der Waals surface area contributed by atoms with Crippen LogP contribution in [0.15, 0.2) is 36.5 Å². The number of nitrogens with zero attached hydrogens (tertiary/aromatic N) is 3. The number of benzene rings is 1. The molecule has 1 aromatic carbocycles. The molecule has 28 heavy (non-hydrogen) atoms. The topological polar surface area (TPSA) is 67.4 Å². The van der Waals surface area contributed by atoms with Crippen molar-refractivity contribution in [1.29, 1.82) is 0 Å². The largest absolute Gasteiger partial charge is 0.475 e. The van der Waals surface area contributed by atoms with Gasteiger partial charge in [-0.2, -0.15) is 5.10 Å². The van der Waals surface area contributed by atoms with Crippen molar-refractivity contribution in [3.05, 3.63) is 52.9 Å². The second kappa shape index (κ2) is 9.25. The monoisotopic (exact) mass is 410 g/mol. The average molecular weight is 411 g/mol. The third-order valence-electron chi connectivity index (χ3n) is 4.63. The number of nitrogens with one attached hydrogen (secondary N) is 1. The standard InChI is InChI=1S/C19H21ClF2N4O2/c20-15-12-14(3-4-16(15)21)18(27)26-9-5-19(22,6-10-26)13-23-8-11-28-17-2-1-7-24-25-17/h1-4,7,12,23H,5-6,8-11,13H2. The summed E-state index contributed by atoms with van der Waals surface area (Å²) in [5, 5.41) is 10.4. The highest BCUT2D eigenvalue weighted by molar-refractivity contribution is 6.31. The summed E-state index contributed by atoms with van der Waals surface area (Å²) in [7, 11) is 0. The van der Waals surface area contributed by atoms with Gasteiger partial charge in [-0.1, -0.05) is 11.6 Å². The van der Waals surface area contributed by atoms with Crippen molar-refractivity contribution in [2.24, 2.45) is 0 Å². The molecule has 2 aromatic rings. The number of aromatic nitrogens is 2. The van der Waals surface area contributed by atoms with E-state index in [-0.39, 0.29) is 30.3 Å². The fourth-order valence-corrected chi connectivity index (χ4v) is 3.18. The molecule has 150 valence electrons. The molecule has 0 unspecified atom stereocenters. The van der Waals surface area contributed by atoms with Crippen molar-refractivity contribution < 1.29 is 18.3 Å². The number of alkyl halides is 1. The number of ether oxygens (including phenoxy) is 1. The van der Waals surface area contributed by atoms with Crippen LogP contribution in [0.5, 0.6) is 5.88 Å². The fraction of sp³-hybridized carbons (Fsp3) is 0.421. The highest BCUT2D eigenvalue weighted by Gasteiger charge is 2.35. The first-order valence-corrected chi connectivity index (χ1v) is 9.39. The zero-order valence-corrected chi connectivity index (χ0v) is 16.0. The first kappa shape index (κ1) is 20.4. The fourth-order valence-electron chi connectivity index (χ4n) is 3.00. The van der Waals surface area contributed by atoms with Gasteiger partial charge in [0.15, 0.2) is 0 Å². The molecule has 0 bridgehead atoms. The number of hydrogen-bond acceptors (Lipinski definition) is 5. The molecule has 1 fully saturated rings. The number of carbonyl (C=O) groups is 1. The number of hydrogen-bond donors (Lipinski definition) is 1. The van der Waals surface area contributed by atoms with Gasteiger partial charge in [0.1, 0.15) is 18.1 Å². The molecule has 0 spiro atoms. The second-order valence-electron chi connectivity index (χ2n) is 6.66. The van der Waals surface area contributed by atoms with Gasteiger partial charge in [-0.15, -0.1) is 5.10 Å². The molecule has 1 amide bonds. The van der Waals surface area contributed by atoms with E-state index in [1.54, 1.807) is 23.2 Å².